The Morgan fingerprint density at radius 1 is 1.63 bits per heavy atom. The number of rotatable bonds is 5. The molecule has 19 heavy (non-hydrogen) atoms. The van der Waals surface area contributed by atoms with E-state index < -0.39 is 0 Å². The highest BCUT2D eigenvalue weighted by atomic mass is 32.1. The third-order valence-corrected chi connectivity index (χ3v) is 4.21. The van der Waals surface area contributed by atoms with E-state index >= 15 is 0 Å². The molecule has 1 aliphatic heterocycles. The van der Waals surface area contributed by atoms with Crippen molar-refractivity contribution in [3.63, 3.8) is 0 Å². The van der Waals surface area contributed by atoms with Crippen LogP contribution in [0.5, 0.6) is 0 Å². The quantitative estimate of drug-likeness (QED) is 0.901. The Labute approximate surface area is 119 Å². The van der Waals surface area contributed by atoms with Crippen molar-refractivity contribution in [3.05, 3.63) is 16.1 Å². The van der Waals surface area contributed by atoms with Crippen LogP contribution in [0.2, 0.25) is 0 Å². The van der Waals surface area contributed by atoms with Crippen LogP contribution in [0, 0.1) is 12.8 Å². The van der Waals surface area contributed by atoms with E-state index in [0.29, 0.717) is 12.0 Å². The van der Waals surface area contributed by atoms with Gasteiger partial charge in [0.05, 0.1) is 11.2 Å². The SMILES string of the molecule is Cc1ncc(C(=O)N(CC(C)C)CC2CCCN2)s1. The molecule has 0 aromatic carbocycles. The zero-order valence-corrected chi connectivity index (χ0v) is 12.8. The van der Waals surface area contributed by atoms with E-state index in [0.717, 1.165) is 29.5 Å². The standard InChI is InChI=1S/C14H23N3OS/c1-10(2)8-17(9-12-5-4-6-15-12)14(18)13-7-16-11(3)19-13/h7,10,12,15H,4-6,8-9H2,1-3H3. The number of thiazole rings is 1. The van der Waals surface area contributed by atoms with Gasteiger partial charge in [0.15, 0.2) is 0 Å². The fourth-order valence-electron chi connectivity index (χ4n) is 2.48. The number of aryl methyl sites for hydroxylation is 1. The predicted octanol–water partition coefficient (Wildman–Crippen LogP) is 2.30. The van der Waals surface area contributed by atoms with Crippen molar-refractivity contribution >= 4 is 17.2 Å². The summed E-state index contributed by atoms with van der Waals surface area (Å²) in [6, 6.07) is 0.455. The molecule has 0 aliphatic carbocycles. The van der Waals surface area contributed by atoms with E-state index in [1.807, 2.05) is 11.8 Å². The molecule has 0 spiro atoms. The molecule has 1 aliphatic rings. The summed E-state index contributed by atoms with van der Waals surface area (Å²) in [7, 11) is 0. The van der Waals surface area contributed by atoms with Gasteiger partial charge in [-0.3, -0.25) is 4.79 Å². The topological polar surface area (TPSA) is 45.2 Å². The van der Waals surface area contributed by atoms with Gasteiger partial charge in [0.1, 0.15) is 4.88 Å². The minimum absolute atomic E-state index is 0.132. The molecule has 1 aromatic rings. The van der Waals surface area contributed by atoms with Gasteiger partial charge >= 0.3 is 0 Å². The van der Waals surface area contributed by atoms with Gasteiger partial charge in [0, 0.05) is 19.1 Å². The van der Waals surface area contributed by atoms with Crippen molar-refractivity contribution in [2.45, 2.75) is 39.7 Å². The molecule has 106 valence electrons. The molecule has 1 unspecified atom stereocenters. The Balaban J connectivity index is 2.05. The van der Waals surface area contributed by atoms with E-state index in [1.165, 1.54) is 24.2 Å². The van der Waals surface area contributed by atoms with Crippen LogP contribution in [0.3, 0.4) is 0 Å². The summed E-state index contributed by atoms with van der Waals surface area (Å²) in [4.78, 5) is 19.5. The number of carbonyl (C=O) groups is 1. The van der Waals surface area contributed by atoms with Gasteiger partial charge in [-0.2, -0.15) is 0 Å². The minimum atomic E-state index is 0.132. The number of hydrogen-bond donors (Lipinski definition) is 1. The lowest BCUT2D eigenvalue weighted by Crippen LogP contribution is -2.42. The second-order valence-corrected chi connectivity index (χ2v) is 6.88. The van der Waals surface area contributed by atoms with Crippen LogP contribution >= 0.6 is 11.3 Å². The second kappa shape index (κ2) is 6.48. The Bertz CT molecular complexity index is 424. The highest BCUT2D eigenvalue weighted by molar-refractivity contribution is 7.13. The van der Waals surface area contributed by atoms with Crippen molar-refractivity contribution in [2.75, 3.05) is 19.6 Å². The maximum Gasteiger partial charge on any atom is 0.265 e. The molecule has 1 amide bonds. The van der Waals surface area contributed by atoms with Crippen molar-refractivity contribution < 1.29 is 4.79 Å². The van der Waals surface area contributed by atoms with Crippen molar-refractivity contribution in [2.24, 2.45) is 5.92 Å². The summed E-state index contributed by atoms with van der Waals surface area (Å²) in [6.45, 7) is 8.95. The molecular formula is C14H23N3OS. The average molecular weight is 281 g/mol. The fraction of sp³-hybridized carbons (Fsp3) is 0.714. The first-order valence-corrected chi connectivity index (χ1v) is 7.83. The van der Waals surface area contributed by atoms with Gasteiger partial charge in [0.2, 0.25) is 0 Å². The first kappa shape index (κ1) is 14.5. The molecule has 0 radical (unpaired) electrons. The average Bonchev–Trinajstić information content (AvgIpc) is 2.98. The third kappa shape index (κ3) is 4.01. The van der Waals surface area contributed by atoms with Crippen LogP contribution < -0.4 is 5.32 Å². The van der Waals surface area contributed by atoms with Gasteiger partial charge in [-0.1, -0.05) is 13.8 Å². The summed E-state index contributed by atoms with van der Waals surface area (Å²) < 4.78 is 0. The molecule has 0 bridgehead atoms. The molecule has 1 saturated heterocycles. The zero-order valence-electron chi connectivity index (χ0n) is 12.0. The normalized spacial score (nSPS) is 19.1. The summed E-state index contributed by atoms with van der Waals surface area (Å²) in [5, 5.41) is 4.42. The van der Waals surface area contributed by atoms with Crippen molar-refractivity contribution in [1.29, 1.82) is 0 Å². The smallest absolute Gasteiger partial charge is 0.265 e. The highest BCUT2D eigenvalue weighted by Gasteiger charge is 2.24. The summed E-state index contributed by atoms with van der Waals surface area (Å²) in [5.41, 5.74) is 0. The predicted molar refractivity (Wildman–Crippen MR) is 78.6 cm³/mol. The number of nitrogens with one attached hydrogen (secondary N) is 1. The maximum absolute atomic E-state index is 12.5. The van der Waals surface area contributed by atoms with Crippen LogP contribution in [-0.2, 0) is 0 Å². The first-order chi connectivity index (χ1) is 9.06. The number of nitrogens with zero attached hydrogens (tertiary/aromatic N) is 2. The maximum atomic E-state index is 12.5. The highest BCUT2D eigenvalue weighted by Crippen LogP contribution is 2.17. The van der Waals surface area contributed by atoms with Crippen LogP contribution in [-0.4, -0.2) is 41.5 Å². The number of carbonyl (C=O) groups excluding carboxylic acids is 1. The number of amides is 1. The first-order valence-electron chi connectivity index (χ1n) is 7.01. The van der Waals surface area contributed by atoms with Gasteiger partial charge < -0.3 is 10.2 Å². The lowest BCUT2D eigenvalue weighted by molar-refractivity contribution is 0.0726. The van der Waals surface area contributed by atoms with E-state index in [4.69, 9.17) is 0 Å². The van der Waals surface area contributed by atoms with Crippen LogP contribution in [0.4, 0.5) is 0 Å². The molecule has 2 rings (SSSR count). The Hall–Kier alpha value is -0.940. The van der Waals surface area contributed by atoms with Crippen LogP contribution in [0.1, 0.15) is 41.4 Å². The third-order valence-electron chi connectivity index (χ3n) is 3.31. The lowest BCUT2D eigenvalue weighted by Gasteiger charge is -2.27. The minimum Gasteiger partial charge on any atom is -0.336 e. The number of aromatic nitrogens is 1. The molecule has 1 fully saturated rings. The molecule has 5 heteroatoms. The summed E-state index contributed by atoms with van der Waals surface area (Å²) >= 11 is 1.49. The van der Waals surface area contributed by atoms with Crippen molar-refractivity contribution in [1.82, 2.24) is 15.2 Å². The summed E-state index contributed by atoms with van der Waals surface area (Å²) in [6.07, 6.45) is 4.09. The van der Waals surface area contributed by atoms with Crippen LogP contribution in [0.15, 0.2) is 6.20 Å². The van der Waals surface area contributed by atoms with Gasteiger partial charge in [-0.05, 0) is 32.2 Å². The zero-order chi connectivity index (χ0) is 13.8. The molecule has 0 saturated carbocycles. The second-order valence-electron chi connectivity index (χ2n) is 5.64. The van der Waals surface area contributed by atoms with Gasteiger partial charge in [0.25, 0.3) is 5.91 Å². The van der Waals surface area contributed by atoms with Crippen LogP contribution in [0.25, 0.3) is 0 Å². The van der Waals surface area contributed by atoms with E-state index in [9.17, 15) is 4.79 Å². The lowest BCUT2D eigenvalue weighted by atomic mass is 10.1. The molecule has 2 heterocycles. The van der Waals surface area contributed by atoms with Gasteiger partial charge in [-0.25, -0.2) is 4.98 Å². The molecule has 4 nitrogen and oxygen atoms in total. The molecule has 1 atom stereocenters. The Kier molecular flexibility index (Phi) is 4.93. The molecular weight excluding hydrogens is 258 g/mol. The fourth-order valence-corrected chi connectivity index (χ4v) is 3.22. The number of hydrogen-bond acceptors (Lipinski definition) is 4. The Morgan fingerprint density at radius 3 is 2.95 bits per heavy atom. The largest absolute Gasteiger partial charge is 0.336 e. The van der Waals surface area contributed by atoms with E-state index in [2.05, 4.69) is 24.1 Å². The monoisotopic (exact) mass is 281 g/mol. The molecule has 1 aromatic heterocycles. The van der Waals surface area contributed by atoms with E-state index in [1.54, 1.807) is 6.20 Å². The Morgan fingerprint density at radius 2 is 2.42 bits per heavy atom. The van der Waals surface area contributed by atoms with Gasteiger partial charge in [-0.15, -0.1) is 11.3 Å². The summed E-state index contributed by atoms with van der Waals surface area (Å²) in [5.74, 6) is 0.618. The van der Waals surface area contributed by atoms with E-state index in [-0.39, 0.29) is 5.91 Å². The molecule has 1 N–H and O–H groups in total. The van der Waals surface area contributed by atoms with Crippen molar-refractivity contribution in [3.8, 4) is 0 Å².